The van der Waals surface area contributed by atoms with Crippen molar-refractivity contribution in [2.45, 2.75) is 18.2 Å². The van der Waals surface area contributed by atoms with Gasteiger partial charge in [-0.3, -0.25) is 0 Å². The molecule has 0 radical (unpaired) electrons. The Labute approximate surface area is 105 Å². The molecule has 0 bridgehead atoms. The molecule has 1 aromatic carbocycles. The Kier molecular flexibility index (Phi) is 4.06. The maximum atomic E-state index is 13.2. The molecule has 2 unspecified atom stereocenters. The molecule has 4 heteroatoms. The van der Waals surface area contributed by atoms with Crippen molar-refractivity contribution in [1.82, 2.24) is 0 Å². The second kappa shape index (κ2) is 5.35. The highest BCUT2D eigenvalue weighted by molar-refractivity contribution is 6.31. The van der Waals surface area contributed by atoms with Crippen molar-refractivity contribution in [2.24, 2.45) is 5.92 Å². The first-order valence-electron chi connectivity index (χ1n) is 5.33. The monoisotopic (exact) mass is 262 g/mol. The van der Waals surface area contributed by atoms with Crippen LogP contribution < -0.4 is 0 Å². The van der Waals surface area contributed by atoms with Gasteiger partial charge in [-0.2, -0.15) is 0 Å². The number of ether oxygens (including phenoxy) is 1. The van der Waals surface area contributed by atoms with Gasteiger partial charge in [0.1, 0.15) is 5.82 Å². The highest BCUT2D eigenvalue weighted by Crippen LogP contribution is 2.28. The molecule has 0 spiro atoms. The van der Waals surface area contributed by atoms with Crippen LogP contribution in [0.2, 0.25) is 5.02 Å². The third kappa shape index (κ3) is 2.68. The second-order valence-electron chi connectivity index (χ2n) is 4.06. The van der Waals surface area contributed by atoms with E-state index in [9.17, 15) is 4.39 Å². The standard InChI is InChI=1S/C12H13Cl2FO/c13-10-4-5-16-7-9(10)6-8-2-1-3-11(15)12(8)14/h1-3,9-10H,4-7H2. The predicted octanol–water partition coefficient (Wildman–Crippen LogP) is 3.67. The third-order valence-corrected chi connectivity index (χ3v) is 3.89. The Bertz CT molecular complexity index is 370. The van der Waals surface area contributed by atoms with Gasteiger partial charge in [0.15, 0.2) is 0 Å². The van der Waals surface area contributed by atoms with E-state index in [0.29, 0.717) is 19.6 Å². The van der Waals surface area contributed by atoms with E-state index in [1.807, 2.05) is 6.07 Å². The van der Waals surface area contributed by atoms with Crippen LogP contribution in [0.5, 0.6) is 0 Å². The fourth-order valence-corrected chi connectivity index (χ4v) is 2.40. The highest BCUT2D eigenvalue weighted by atomic mass is 35.5. The lowest BCUT2D eigenvalue weighted by atomic mass is 9.93. The Morgan fingerprint density at radius 2 is 2.25 bits per heavy atom. The molecule has 1 aliphatic rings. The molecule has 1 aromatic rings. The number of benzene rings is 1. The number of rotatable bonds is 2. The van der Waals surface area contributed by atoms with Crippen molar-refractivity contribution >= 4 is 23.2 Å². The van der Waals surface area contributed by atoms with Gasteiger partial charge in [0.05, 0.1) is 11.6 Å². The van der Waals surface area contributed by atoms with Gasteiger partial charge < -0.3 is 4.74 Å². The van der Waals surface area contributed by atoms with Gasteiger partial charge in [-0.25, -0.2) is 4.39 Å². The van der Waals surface area contributed by atoms with E-state index in [0.717, 1.165) is 12.0 Å². The van der Waals surface area contributed by atoms with E-state index < -0.39 is 0 Å². The van der Waals surface area contributed by atoms with Crippen molar-refractivity contribution in [3.05, 3.63) is 34.6 Å². The van der Waals surface area contributed by atoms with Crippen LogP contribution in [-0.4, -0.2) is 18.6 Å². The second-order valence-corrected chi connectivity index (χ2v) is 5.00. The fraction of sp³-hybridized carbons (Fsp3) is 0.500. The van der Waals surface area contributed by atoms with Gasteiger partial charge in [0.25, 0.3) is 0 Å². The predicted molar refractivity (Wildman–Crippen MR) is 63.7 cm³/mol. The van der Waals surface area contributed by atoms with Crippen molar-refractivity contribution in [3.63, 3.8) is 0 Å². The molecular weight excluding hydrogens is 250 g/mol. The van der Waals surface area contributed by atoms with Crippen LogP contribution in [0.1, 0.15) is 12.0 Å². The van der Waals surface area contributed by atoms with E-state index in [4.69, 9.17) is 27.9 Å². The normalized spacial score (nSPS) is 25.7. The van der Waals surface area contributed by atoms with Crippen LogP contribution >= 0.6 is 23.2 Å². The Balaban J connectivity index is 2.10. The van der Waals surface area contributed by atoms with E-state index in [1.54, 1.807) is 6.07 Å². The lowest BCUT2D eigenvalue weighted by Gasteiger charge is -2.27. The van der Waals surface area contributed by atoms with E-state index in [-0.39, 0.29) is 22.1 Å². The largest absolute Gasteiger partial charge is 0.381 e. The maximum absolute atomic E-state index is 13.2. The van der Waals surface area contributed by atoms with Gasteiger partial charge in [-0.05, 0) is 24.5 Å². The lowest BCUT2D eigenvalue weighted by molar-refractivity contribution is 0.0578. The zero-order chi connectivity index (χ0) is 11.5. The van der Waals surface area contributed by atoms with E-state index in [1.165, 1.54) is 6.07 Å². The topological polar surface area (TPSA) is 9.23 Å². The third-order valence-electron chi connectivity index (χ3n) is 2.90. The first-order chi connectivity index (χ1) is 7.68. The molecule has 88 valence electrons. The summed E-state index contributed by atoms with van der Waals surface area (Å²) in [5.41, 5.74) is 0.808. The number of hydrogen-bond donors (Lipinski definition) is 0. The van der Waals surface area contributed by atoms with Crippen LogP contribution in [0.15, 0.2) is 18.2 Å². The summed E-state index contributed by atoms with van der Waals surface area (Å²) in [6.07, 6.45) is 1.52. The molecule has 1 heterocycles. The van der Waals surface area contributed by atoms with Crippen LogP contribution in [-0.2, 0) is 11.2 Å². The van der Waals surface area contributed by atoms with E-state index in [2.05, 4.69) is 0 Å². The molecule has 1 aliphatic heterocycles. The Morgan fingerprint density at radius 1 is 1.44 bits per heavy atom. The fourth-order valence-electron chi connectivity index (χ4n) is 1.95. The molecule has 2 atom stereocenters. The van der Waals surface area contributed by atoms with Gasteiger partial charge in [-0.1, -0.05) is 23.7 Å². The van der Waals surface area contributed by atoms with Gasteiger partial charge in [-0.15, -0.1) is 11.6 Å². The number of halogens is 3. The molecular formula is C12H13Cl2FO. The minimum absolute atomic E-state index is 0.0908. The summed E-state index contributed by atoms with van der Waals surface area (Å²) in [5.74, 6) is -0.156. The first kappa shape index (κ1) is 12.2. The summed E-state index contributed by atoms with van der Waals surface area (Å²) in [6, 6.07) is 4.87. The SMILES string of the molecule is Fc1cccc(CC2COCCC2Cl)c1Cl. The Hall–Kier alpha value is -0.310. The van der Waals surface area contributed by atoms with Crippen molar-refractivity contribution in [3.8, 4) is 0 Å². The van der Waals surface area contributed by atoms with Crippen LogP contribution in [0.4, 0.5) is 4.39 Å². The molecule has 0 amide bonds. The molecule has 0 aromatic heterocycles. The molecule has 0 saturated carbocycles. The smallest absolute Gasteiger partial charge is 0.142 e. The van der Waals surface area contributed by atoms with E-state index >= 15 is 0 Å². The molecule has 16 heavy (non-hydrogen) atoms. The molecule has 1 nitrogen and oxygen atoms in total. The average molecular weight is 263 g/mol. The first-order valence-corrected chi connectivity index (χ1v) is 6.14. The zero-order valence-corrected chi connectivity index (χ0v) is 10.3. The minimum atomic E-state index is -0.373. The average Bonchev–Trinajstić information content (AvgIpc) is 2.28. The lowest BCUT2D eigenvalue weighted by Crippen LogP contribution is -2.29. The Morgan fingerprint density at radius 3 is 3.00 bits per heavy atom. The van der Waals surface area contributed by atoms with Gasteiger partial charge in [0, 0.05) is 17.9 Å². The molecule has 1 saturated heterocycles. The van der Waals surface area contributed by atoms with Gasteiger partial charge in [0.2, 0.25) is 0 Å². The molecule has 2 rings (SSSR count). The van der Waals surface area contributed by atoms with Crippen LogP contribution in [0, 0.1) is 11.7 Å². The maximum Gasteiger partial charge on any atom is 0.142 e. The summed E-state index contributed by atoms with van der Waals surface area (Å²) < 4.78 is 18.6. The van der Waals surface area contributed by atoms with Gasteiger partial charge >= 0.3 is 0 Å². The van der Waals surface area contributed by atoms with Crippen molar-refractivity contribution in [2.75, 3.05) is 13.2 Å². The van der Waals surface area contributed by atoms with Crippen molar-refractivity contribution in [1.29, 1.82) is 0 Å². The van der Waals surface area contributed by atoms with Crippen molar-refractivity contribution < 1.29 is 9.13 Å². The molecule has 1 fully saturated rings. The minimum Gasteiger partial charge on any atom is -0.381 e. The summed E-state index contributed by atoms with van der Waals surface area (Å²) >= 11 is 12.1. The highest BCUT2D eigenvalue weighted by Gasteiger charge is 2.25. The number of hydrogen-bond acceptors (Lipinski definition) is 1. The van der Waals surface area contributed by atoms with Crippen LogP contribution in [0.3, 0.4) is 0 Å². The molecule has 0 N–H and O–H groups in total. The summed E-state index contributed by atoms with van der Waals surface area (Å²) in [5, 5.41) is 0.296. The quantitative estimate of drug-likeness (QED) is 0.740. The zero-order valence-electron chi connectivity index (χ0n) is 8.76. The summed E-state index contributed by atoms with van der Waals surface area (Å²) in [4.78, 5) is 0. The number of alkyl halides is 1. The summed E-state index contributed by atoms with van der Waals surface area (Å²) in [6.45, 7) is 1.34. The summed E-state index contributed by atoms with van der Waals surface area (Å²) in [7, 11) is 0. The molecule has 0 aliphatic carbocycles. The van der Waals surface area contributed by atoms with Crippen LogP contribution in [0.25, 0.3) is 0 Å².